The lowest BCUT2D eigenvalue weighted by Gasteiger charge is -2.13. The van der Waals surface area contributed by atoms with Crippen molar-refractivity contribution in [3.63, 3.8) is 0 Å². The van der Waals surface area contributed by atoms with E-state index in [0.29, 0.717) is 27.7 Å². The molecule has 152 valence electrons. The van der Waals surface area contributed by atoms with Gasteiger partial charge in [0.25, 0.3) is 5.91 Å². The summed E-state index contributed by atoms with van der Waals surface area (Å²) in [6.45, 7) is -0.181. The van der Waals surface area contributed by atoms with Gasteiger partial charge in [0.05, 0.1) is 28.3 Å². The largest absolute Gasteiger partial charge is 0.417 e. The third-order valence-corrected chi connectivity index (χ3v) is 5.01. The molecule has 1 aromatic heterocycles. The zero-order valence-electron chi connectivity index (χ0n) is 15.3. The Hall–Kier alpha value is -3.16. The minimum Gasteiger partial charge on any atom is -0.392 e. The number of nitrogens with zero attached hydrogens (tertiary/aromatic N) is 2. The Labute approximate surface area is 174 Å². The molecule has 0 unspecified atom stereocenters. The van der Waals surface area contributed by atoms with Crippen LogP contribution in [0.25, 0.3) is 22.2 Å². The summed E-state index contributed by atoms with van der Waals surface area (Å²) < 4.78 is 41.5. The lowest BCUT2D eigenvalue weighted by molar-refractivity contribution is -0.137. The summed E-state index contributed by atoms with van der Waals surface area (Å²) in [6, 6.07) is 16.9. The predicted molar refractivity (Wildman–Crippen MR) is 107 cm³/mol. The van der Waals surface area contributed by atoms with Gasteiger partial charge in [-0.2, -0.15) is 23.0 Å². The first kappa shape index (κ1) is 20.1. The highest BCUT2D eigenvalue weighted by Gasteiger charge is 2.37. The smallest absolute Gasteiger partial charge is 0.392 e. The van der Waals surface area contributed by atoms with E-state index >= 15 is 0 Å². The third-order valence-electron chi connectivity index (χ3n) is 4.70. The number of aliphatic hydroxyl groups excluding tert-OH is 1. The molecule has 1 heterocycles. The molecule has 0 aliphatic heterocycles. The van der Waals surface area contributed by atoms with E-state index in [9.17, 15) is 23.1 Å². The van der Waals surface area contributed by atoms with Gasteiger partial charge in [-0.1, -0.05) is 54.1 Å². The summed E-state index contributed by atoms with van der Waals surface area (Å²) in [6.07, 6.45) is -4.75. The fourth-order valence-corrected chi connectivity index (χ4v) is 3.59. The fourth-order valence-electron chi connectivity index (χ4n) is 3.33. The van der Waals surface area contributed by atoms with E-state index in [-0.39, 0.29) is 11.6 Å². The zero-order valence-corrected chi connectivity index (χ0v) is 16.1. The molecule has 3 aromatic carbocycles. The molecular weight excluding hydrogens is 417 g/mol. The van der Waals surface area contributed by atoms with Crippen molar-refractivity contribution < 1.29 is 23.1 Å². The van der Waals surface area contributed by atoms with E-state index in [2.05, 4.69) is 5.10 Å². The molecule has 0 saturated heterocycles. The van der Waals surface area contributed by atoms with Gasteiger partial charge >= 0.3 is 6.18 Å². The molecule has 0 radical (unpaired) electrons. The second-order valence-corrected chi connectivity index (χ2v) is 7.01. The minimum absolute atomic E-state index is 0.181. The lowest BCUT2D eigenvalue weighted by atomic mass is 10.0. The molecule has 4 rings (SSSR count). The molecule has 0 bridgehead atoms. The number of halogens is 4. The number of hydrogen-bond acceptors (Lipinski definition) is 3. The molecule has 0 amide bonds. The van der Waals surface area contributed by atoms with Crippen LogP contribution in [-0.4, -0.2) is 20.8 Å². The van der Waals surface area contributed by atoms with E-state index in [0.717, 1.165) is 16.8 Å². The number of aliphatic hydroxyl groups is 1. The topological polar surface area (TPSA) is 55.1 Å². The number of carbonyl (C=O) groups is 1. The molecule has 0 spiro atoms. The maximum atomic E-state index is 13.5. The van der Waals surface area contributed by atoms with Crippen molar-refractivity contribution in [3.05, 3.63) is 88.4 Å². The van der Waals surface area contributed by atoms with Crippen molar-refractivity contribution in [1.82, 2.24) is 9.78 Å². The van der Waals surface area contributed by atoms with Gasteiger partial charge in [0.1, 0.15) is 5.69 Å². The molecule has 1 N–H and O–H groups in total. The molecule has 0 aliphatic carbocycles. The van der Waals surface area contributed by atoms with Crippen molar-refractivity contribution in [2.24, 2.45) is 0 Å². The summed E-state index contributed by atoms with van der Waals surface area (Å²) in [4.78, 5) is 13.2. The van der Waals surface area contributed by atoms with Crippen molar-refractivity contribution in [1.29, 1.82) is 0 Å². The Morgan fingerprint density at radius 3 is 2.50 bits per heavy atom. The summed E-state index contributed by atoms with van der Waals surface area (Å²) >= 11 is 6.01. The number of benzene rings is 3. The normalized spacial score (nSPS) is 11.8. The van der Waals surface area contributed by atoms with Gasteiger partial charge in [0.2, 0.25) is 0 Å². The van der Waals surface area contributed by atoms with Crippen LogP contribution in [-0.2, 0) is 12.8 Å². The second kappa shape index (κ2) is 7.59. The number of aromatic nitrogens is 2. The van der Waals surface area contributed by atoms with Crippen LogP contribution in [0.2, 0.25) is 5.02 Å². The molecule has 0 atom stereocenters. The quantitative estimate of drug-likeness (QED) is 0.463. The minimum atomic E-state index is -4.75. The maximum absolute atomic E-state index is 13.5. The highest BCUT2D eigenvalue weighted by molar-refractivity contribution is 6.34. The molecule has 30 heavy (non-hydrogen) atoms. The third kappa shape index (κ3) is 3.46. The molecule has 0 aliphatic rings. The van der Waals surface area contributed by atoms with Crippen LogP contribution in [0.4, 0.5) is 13.2 Å². The molecule has 0 fully saturated rings. The van der Waals surface area contributed by atoms with E-state index in [1.165, 1.54) is 6.07 Å². The lowest BCUT2D eigenvalue weighted by Crippen LogP contribution is -2.20. The Kier molecular flexibility index (Phi) is 5.09. The van der Waals surface area contributed by atoms with Crippen molar-refractivity contribution in [2.75, 3.05) is 0 Å². The highest BCUT2D eigenvalue weighted by atomic mass is 35.5. The van der Waals surface area contributed by atoms with Crippen LogP contribution >= 0.6 is 11.6 Å². The van der Waals surface area contributed by atoms with Crippen molar-refractivity contribution in [2.45, 2.75) is 12.8 Å². The number of alkyl halides is 3. The molecule has 0 saturated carbocycles. The molecule has 4 aromatic rings. The maximum Gasteiger partial charge on any atom is 0.417 e. The first-order valence-corrected chi connectivity index (χ1v) is 9.27. The summed E-state index contributed by atoms with van der Waals surface area (Å²) in [5, 5.41) is 14.0. The SMILES string of the molecule is O=C(c1c(Cl)cccc1C(F)(F)F)n1nc(-c2cccc(CO)c2)c2ccccc21. The van der Waals surface area contributed by atoms with Gasteiger partial charge < -0.3 is 5.11 Å². The number of fused-ring (bicyclic) bond motifs is 1. The van der Waals surface area contributed by atoms with Gasteiger partial charge in [-0.05, 0) is 29.8 Å². The van der Waals surface area contributed by atoms with Crippen LogP contribution < -0.4 is 0 Å². The Morgan fingerprint density at radius 2 is 1.77 bits per heavy atom. The monoisotopic (exact) mass is 430 g/mol. The molecular formula is C22H14ClF3N2O2. The van der Waals surface area contributed by atoms with Gasteiger partial charge in [-0.15, -0.1) is 0 Å². The van der Waals surface area contributed by atoms with E-state index in [1.54, 1.807) is 48.5 Å². The van der Waals surface area contributed by atoms with Crippen LogP contribution in [0.1, 0.15) is 21.5 Å². The second-order valence-electron chi connectivity index (χ2n) is 6.60. The van der Waals surface area contributed by atoms with Crippen LogP contribution in [0.5, 0.6) is 0 Å². The number of rotatable bonds is 3. The Balaban J connectivity index is 1.95. The van der Waals surface area contributed by atoms with Crippen LogP contribution in [0.3, 0.4) is 0 Å². The van der Waals surface area contributed by atoms with Crippen molar-refractivity contribution >= 4 is 28.4 Å². The highest BCUT2D eigenvalue weighted by Crippen LogP contribution is 2.36. The number of para-hydroxylation sites is 1. The van der Waals surface area contributed by atoms with E-state index < -0.39 is 23.2 Å². The van der Waals surface area contributed by atoms with Gasteiger partial charge in [0, 0.05) is 10.9 Å². The van der Waals surface area contributed by atoms with Crippen molar-refractivity contribution in [3.8, 4) is 11.3 Å². The molecule has 8 heteroatoms. The average Bonchev–Trinajstić information content (AvgIpc) is 3.12. The Morgan fingerprint density at radius 1 is 1.03 bits per heavy atom. The van der Waals surface area contributed by atoms with E-state index in [4.69, 9.17) is 11.6 Å². The van der Waals surface area contributed by atoms with Gasteiger partial charge in [-0.3, -0.25) is 4.79 Å². The summed E-state index contributed by atoms with van der Waals surface area (Å²) in [5.74, 6) is -0.978. The predicted octanol–water partition coefficient (Wildman–Crippen LogP) is 5.56. The molecule has 4 nitrogen and oxygen atoms in total. The fraction of sp³-hybridized carbons (Fsp3) is 0.0909. The Bertz CT molecular complexity index is 1260. The first-order chi connectivity index (χ1) is 14.3. The standard InChI is InChI=1S/C22H14ClF3N2O2/c23-17-9-4-8-16(22(24,25)26)19(17)21(30)28-18-10-2-1-7-15(18)20(27-28)14-6-3-5-13(11-14)12-29/h1-11,29H,12H2. The zero-order chi connectivity index (χ0) is 21.5. The number of carbonyl (C=O) groups excluding carboxylic acids is 1. The summed E-state index contributed by atoms with van der Waals surface area (Å²) in [5.41, 5.74) is 0.246. The van der Waals surface area contributed by atoms with Gasteiger partial charge in [0.15, 0.2) is 0 Å². The first-order valence-electron chi connectivity index (χ1n) is 8.89. The van der Waals surface area contributed by atoms with E-state index in [1.807, 2.05) is 0 Å². The number of hydrogen-bond donors (Lipinski definition) is 1. The average molecular weight is 431 g/mol. The summed E-state index contributed by atoms with van der Waals surface area (Å²) in [7, 11) is 0. The van der Waals surface area contributed by atoms with Crippen LogP contribution in [0, 0.1) is 0 Å². The van der Waals surface area contributed by atoms with Gasteiger partial charge in [-0.25, -0.2) is 0 Å². The van der Waals surface area contributed by atoms with Crippen LogP contribution in [0.15, 0.2) is 66.7 Å².